The van der Waals surface area contributed by atoms with Crippen LogP contribution in [0.5, 0.6) is 0 Å². The van der Waals surface area contributed by atoms with E-state index < -0.39 is 0 Å². The number of hydrogen-bond acceptors (Lipinski definition) is 4. The lowest BCUT2D eigenvalue weighted by Gasteiger charge is -2.12. The lowest BCUT2D eigenvalue weighted by Crippen LogP contribution is -2.20. The number of aromatic nitrogens is 1. The molecule has 1 fully saturated rings. The van der Waals surface area contributed by atoms with Crippen LogP contribution in [0.1, 0.15) is 19.3 Å². The molecule has 0 bridgehead atoms. The summed E-state index contributed by atoms with van der Waals surface area (Å²) in [5.74, 6) is 3.75. The molecule has 1 aliphatic heterocycles. The van der Waals surface area contributed by atoms with Crippen molar-refractivity contribution in [3.63, 3.8) is 0 Å². The number of hydrogen-bond donors (Lipinski definition) is 0. The Bertz CT molecular complexity index is 577. The lowest BCUT2D eigenvalue weighted by molar-refractivity contribution is 0.346. The highest BCUT2D eigenvalue weighted by atomic mass is 35.5. The molecule has 0 amide bonds. The summed E-state index contributed by atoms with van der Waals surface area (Å²) in [4.78, 5) is 7.28. The highest BCUT2D eigenvalue weighted by Crippen LogP contribution is 2.21. The standard InChI is InChI=1S/C17H22N2S2.2ClH/c1(4-10-19-11-13-20-14-19)5-12-21-17-9-8-15-6-2-3-7-16(15)18-17;;/h2-3,6-9H,1,4-5,10-14H2;2*1H. The number of unbranched alkanes of at least 4 members (excludes halogenated alkanes) is 2. The third kappa shape index (κ3) is 6.71. The molecule has 0 atom stereocenters. The molecule has 1 aliphatic rings. The van der Waals surface area contributed by atoms with Gasteiger partial charge < -0.3 is 0 Å². The fourth-order valence-electron chi connectivity index (χ4n) is 2.55. The Morgan fingerprint density at radius 1 is 1.04 bits per heavy atom. The monoisotopic (exact) mass is 390 g/mol. The van der Waals surface area contributed by atoms with Crippen LogP contribution in [0.25, 0.3) is 10.9 Å². The van der Waals surface area contributed by atoms with Gasteiger partial charge in [0.2, 0.25) is 0 Å². The van der Waals surface area contributed by atoms with E-state index in [2.05, 4.69) is 53.1 Å². The summed E-state index contributed by atoms with van der Waals surface area (Å²) in [6.07, 6.45) is 3.97. The van der Waals surface area contributed by atoms with Gasteiger partial charge in [0.25, 0.3) is 0 Å². The molecule has 3 rings (SSSR count). The molecular formula is C17H24Cl2N2S2. The zero-order chi connectivity index (χ0) is 14.3. The van der Waals surface area contributed by atoms with Gasteiger partial charge in [0, 0.05) is 23.6 Å². The molecule has 0 saturated carbocycles. The van der Waals surface area contributed by atoms with Gasteiger partial charge in [0.15, 0.2) is 0 Å². The van der Waals surface area contributed by atoms with Crippen LogP contribution < -0.4 is 0 Å². The van der Waals surface area contributed by atoms with Crippen molar-refractivity contribution < 1.29 is 0 Å². The maximum absolute atomic E-state index is 4.71. The Morgan fingerprint density at radius 3 is 2.74 bits per heavy atom. The number of fused-ring (bicyclic) bond motifs is 1. The summed E-state index contributed by atoms with van der Waals surface area (Å²) in [6, 6.07) is 12.7. The molecule has 6 heteroatoms. The van der Waals surface area contributed by atoms with Gasteiger partial charge in [-0.25, -0.2) is 4.98 Å². The predicted octanol–water partition coefficient (Wildman–Crippen LogP) is 5.35. The van der Waals surface area contributed by atoms with Crippen molar-refractivity contribution in [2.45, 2.75) is 24.3 Å². The van der Waals surface area contributed by atoms with Crippen LogP contribution in [0, 0.1) is 0 Å². The van der Waals surface area contributed by atoms with E-state index in [4.69, 9.17) is 4.98 Å². The Labute approximate surface area is 160 Å². The largest absolute Gasteiger partial charge is 0.293 e. The number of rotatable bonds is 7. The quantitative estimate of drug-likeness (QED) is 0.467. The molecule has 1 aromatic carbocycles. The predicted molar refractivity (Wildman–Crippen MR) is 110 cm³/mol. The van der Waals surface area contributed by atoms with Gasteiger partial charge in [-0.15, -0.1) is 48.3 Å². The van der Waals surface area contributed by atoms with Crippen LogP contribution in [0.2, 0.25) is 0 Å². The Hall–Kier alpha value is -0.130. The summed E-state index contributed by atoms with van der Waals surface area (Å²) in [5, 5.41) is 2.38. The van der Waals surface area contributed by atoms with Crippen molar-refractivity contribution in [2.75, 3.05) is 30.5 Å². The van der Waals surface area contributed by atoms with Gasteiger partial charge in [0.1, 0.15) is 0 Å². The average molecular weight is 391 g/mol. The minimum absolute atomic E-state index is 0. The van der Waals surface area contributed by atoms with Crippen molar-refractivity contribution in [3.05, 3.63) is 36.4 Å². The van der Waals surface area contributed by atoms with Gasteiger partial charge in [-0.2, -0.15) is 0 Å². The minimum atomic E-state index is 0. The Balaban J connectivity index is 0.00000132. The highest BCUT2D eigenvalue weighted by molar-refractivity contribution is 7.99. The molecule has 1 saturated heterocycles. The minimum Gasteiger partial charge on any atom is -0.293 e. The molecule has 0 N–H and O–H groups in total. The zero-order valence-electron chi connectivity index (χ0n) is 13.1. The van der Waals surface area contributed by atoms with E-state index in [0.717, 1.165) is 10.5 Å². The zero-order valence-corrected chi connectivity index (χ0v) is 16.4. The second-order valence-corrected chi connectivity index (χ2v) is 7.60. The van der Waals surface area contributed by atoms with Crippen LogP contribution in [0.3, 0.4) is 0 Å². The maximum Gasteiger partial charge on any atom is 0.0967 e. The van der Waals surface area contributed by atoms with E-state index >= 15 is 0 Å². The highest BCUT2D eigenvalue weighted by Gasteiger charge is 2.10. The molecule has 2 heterocycles. The normalized spacial score (nSPS) is 14.4. The number of thioether (sulfide) groups is 2. The van der Waals surface area contributed by atoms with Gasteiger partial charge in [-0.05, 0) is 37.3 Å². The maximum atomic E-state index is 4.71. The first-order valence-electron chi connectivity index (χ1n) is 7.70. The third-order valence-corrected chi connectivity index (χ3v) is 5.80. The molecule has 2 aromatic rings. The van der Waals surface area contributed by atoms with E-state index in [1.165, 1.54) is 55.1 Å². The van der Waals surface area contributed by atoms with Crippen molar-refractivity contribution in [2.24, 2.45) is 0 Å². The van der Waals surface area contributed by atoms with E-state index in [1.807, 2.05) is 11.8 Å². The Kier molecular flexibility index (Phi) is 10.4. The van der Waals surface area contributed by atoms with Crippen molar-refractivity contribution in [3.8, 4) is 0 Å². The molecule has 128 valence electrons. The fraction of sp³-hybridized carbons (Fsp3) is 0.471. The van der Waals surface area contributed by atoms with Crippen molar-refractivity contribution >= 4 is 59.2 Å². The molecule has 0 radical (unpaired) electrons. The van der Waals surface area contributed by atoms with Gasteiger partial charge in [0.05, 0.1) is 10.5 Å². The number of nitrogens with zero attached hydrogens (tertiary/aromatic N) is 2. The molecule has 0 spiro atoms. The van der Waals surface area contributed by atoms with Crippen LogP contribution in [-0.4, -0.2) is 40.4 Å². The summed E-state index contributed by atoms with van der Waals surface area (Å²) in [5.41, 5.74) is 1.11. The molecule has 0 aliphatic carbocycles. The topological polar surface area (TPSA) is 16.1 Å². The fourth-order valence-corrected chi connectivity index (χ4v) is 4.46. The SMILES string of the molecule is Cl.Cl.c1ccc2nc(SCCCCCN3CCSC3)ccc2c1. The van der Waals surface area contributed by atoms with Crippen LogP contribution >= 0.6 is 48.3 Å². The van der Waals surface area contributed by atoms with Gasteiger partial charge in [-0.1, -0.05) is 30.7 Å². The van der Waals surface area contributed by atoms with Gasteiger partial charge >= 0.3 is 0 Å². The number of pyridine rings is 1. The lowest BCUT2D eigenvalue weighted by atomic mass is 10.2. The first kappa shape index (κ1) is 20.9. The van der Waals surface area contributed by atoms with E-state index in [-0.39, 0.29) is 24.8 Å². The summed E-state index contributed by atoms with van der Waals surface area (Å²) >= 11 is 3.95. The molecule has 1 aromatic heterocycles. The van der Waals surface area contributed by atoms with Crippen LogP contribution in [0.15, 0.2) is 41.4 Å². The summed E-state index contributed by atoms with van der Waals surface area (Å²) < 4.78 is 0. The van der Waals surface area contributed by atoms with E-state index in [1.54, 1.807) is 0 Å². The second-order valence-electron chi connectivity index (χ2n) is 5.41. The molecule has 0 unspecified atom stereocenters. The summed E-state index contributed by atoms with van der Waals surface area (Å²) in [6.45, 7) is 2.58. The molecule has 23 heavy (non-hydrogen) atoms. The molecular weight excluding hydrogens is 367 g/mol. The smallest absolute Gasteiger partial charge is 0.0967 e. The number of benzene rings is 1. The van der Waals surface area contributed by atoms with E-state index in [9.17, 15) is 0 Å². The van der Waals surface area contributed by atoms with Crippen molar-refractivity contribution in [1.82, 2.24) is 9.88 Å². The third-order valence-electron chi connectivity index (χ3n) is 3.77. The number of halogens is 2. The van der Waals surface area contributed by atoms with Crippen LogP contribution in [-0.2, 0) is 0 Å². The molecule has 2 nitrogen and oxygen atoms in total. The average Bonchev–Trinajstić information content (AvgIpc) is 3.04. The van der Waals surface area contributed by atoms with Crippen molar-refractivity contribution in [1.29, 1.82) is 0 Å². The Morgan fingerprint density at radius 2 is 1.91 bits per heavy atom. The first-order valence-corrected chi connectivity index (χ1v) is 9.84. The second kappa shape index (κ2) is 11.4. The van der Waals surface area contributed by atoms with Gasteiger partial charge in [-0.3, -0.25) is 4.90 Å². The first-order chi connectivity index (χ1) is 10.4. The van der Waals surface area contributed by atoms with E-state index in [0.29, 0.717) is 0 Å². The number of para-hydroxylation sites is 1. The van der Waals surface area contributed by atoms with Crippen LogP contribution in [0.4, 0.5) is 0 Å². The summed E-state index contributed by atoms with van der Waals surface area (Å²) in [7, 11) is 0.